The Bertz CT molecular complexity index is 545. The number of hydrogen-bond acceptors (Lipinski definition) is 2. The molecule has 1 aliphatic carbocycles. The Morgan fingerprint density at radius 1 is 1.18 bits per heavy atom. The van der Waals surface area contributed by atoms with Crippen molar-refractivity contribution in [2.75, 3.05) is 31.1 Å². The Morgan fingerprint density at radius 3 is 2.50 bits per heavy atom. The van der Waals surface area contributed by atoms with Gasteiger partial charge in [-0.05, 0) is 56.7 Å². The molecule has 0 aromatic heterocycles. The summed E-state index contributed by atoms with van der Waals surface area (Å²) in [6.07, 6.45) is 2.53. The molecule has 4 nitrogen and oxygen atoms in total. The standard InChI is InChI=1S/C18H27N3O/c1-13-5-4-6-17(14(13)2)20-9-11-21(12-10-20)18(22)19-15(3)16-7-8-16/h4-6,15-16H,7-12H2,1-3H3,(H,19,22)/t15-/m1/s1. The SMILES string of the molecule is Cc1cccc(N2CCN(C(=O)N[C@H](C)C3CC3)CC2)c1C. The molecule has 120 valence electrons. The van der Waals surface area contributed by atoms with Gasteiger partial charge in [-0.2, -0.15) is 0 Å². The molecule has 2 fully saturated rings. The zero-order valence-electron chi connectivity index (χ0n) is 13.9. The number of anilines is 1. The Balaban J connectivity index is 1.55. The van der Waals surface area contributed by atoms with Crippen molar-refractivity contribution in [2.45, 2.75) is 39.7 Å². The minimum absolute atomic E-state index is 0.111. The molecular formula is C18H27N3O. The van der Waals surface area contributed by atoms with E-state index in [0.717, 1.165) is 26.2 Å². The molecule has 2 amide bonds. The molecule has 1 atom stereocenters. The van der Waals surface area contributed by atoms with Gasteiger partial charge in [-0.25, -0.2) is 4.79 Å². The maximum atomic E-state index is 12.3. The van der Waals surface area contributed by atoms with Gasteiger partial charge in [-0.15, -0.1) is 0 Å². The Labute approximate surface area is 133 Å². The summed E-state index contributed by atoms with van der Waals surface area (Å²) in [5.41, 5.74) is 3.99. The third-order valence-corrected chi connectivity index (χ3v) is 5.16. The number of aryl methyl sites for hydroxylation is 1. The van der Waals surface area contributed by atoms with Gasteiger partial charge < -0.3 is 15.1 Å². The van der Waals surface area contributed by atoms with Gasteiger partial charge in [0.15, 0.2) is 0 Å². The van der Waals surface area contributed by atoms with Crippen LogP contribution in [0.4, 0.5) is 10.5 Å². The second-order valence-electron chi connectivity index (χ2n) is 6.77. The second kappa shape index (κ2) is 6.19. The van der Waals surface area contributed by atoms with Crippen LogP contribution in [-0.4, -0.2) is 43.2 Å². The fourth-order valence-electron chi connectivity index (χ4n) is 3.23. The van der Waals surface area contributed by atoms with E-state index in [1.807, 2.05) is 4.90 Å². The van der Waals surface area contributed by atoms with Crippen LogP contribution in [0.25, 0.3) is 0 Å². The van der Waals surface area contributed by atoms with E-state index >= 15 is 0 Å². The molecule has 1 heterocycles. The Morgan fingerprint density at radius 2 is 1.86 bits per heavy atom. The van der Waals surface area contributed by atoms with Crippen molar-refractivity contribution < 1.29 is 4.79 Å². The highest BCUT2D eigenvalue weighted by molar-refractivity contribution is 5.75. The minimum atomic E-state index is 0.111. The van der Waals surface area contributed by atoms with Gasteiger partial charge in [0.1, 0.15) is 0 Å². The number of nitrogens with one attached hydrogen (secondary N) is 1. The van der Waals surface area contributed by atoms with Crippen LogP contribution < -0.4 is 10.2 Å². The van der Waals surface area contributed by atoms with Crippen LogP contribution in [0.1, 0.15) is 30.9 Å². The first-order valence-corrected chi connectivity index (χ1v) is 8.43. The van der Waals surface area contributed by atoms with Crippen molar-refractivity contribution in [1.82, 2.24) is 10.2 Å². The predicted octanol–water partition coefficient (Wildman–Crippen LogP) is 2.93. The van der Waals surface area contributed by atoms with Crippen molar-refractivity contribution in [3.05, 3.63) is 29.3 Å². The van der Waals surface area contributed by atoms with Gasteiger partial charge in [0.2, 0.25) is 0 Å². The summed E-state index contributed by atoms with van der Waals surface area (Å²) >= 11 is 0. The molecule has 2 aliphatic rings. The third-order valence-electron chi connectivity index (χ3n) is 5.16. The van der Waals surface area contributed by atoms with Crippen molar-refractivity contribution in [1.29, 1.82) is 0 Å². The molecule has 0 spiro atoms. The van der Waals surface area contributed by atoms with Crippen LogP contribution in [0, 0.1) is 19.8 Å². The zero-order chi connectivity index (χ0) is 15.7. The molecule has 1 N–H and O–H groups in total. The molecule has 0 bridgehead atoms. The summed E-state index contributed by atoms with van der Waals surface area (Å²) in [7, 11) is 0. The van der Waals surface area contributed by atoms with Crippen LogP contribution in [-0.2, 0) is 0 Å². The summed E-state index contributed by atoms with van der Waals surface area (Å²) < 4.78 is 0. The lowest BCUT2D eigenvalue weighted by atomic mass is 10.1. The highest BCUT2D eigenvalue weighted by Gasteiger charge is 2.30. The fourth-order valence-corrected chi connectivity index (χ4v) is 3.23. The van der Waals surface area contributed by atoms with Gasteiger partial charge >= 0.3 is 6.03 Å². The summed E-state index contributed by atoms with van der Waals surface area (Å²) in [5.74, 6) is 0.709. The normalized spacial score (nSPS) is 20.0. The van der Waals surface area contributed by atoms with E-state index < -0.39 is 0 Å². The smallest absolute Gasteiger partial charge is 0.317 e. The lowest BCUT2D eigenvalue weighted by Gasteiger charge is -2.37. The molecule has 1 aliphatic heterocycles. The molecule has 1 saturated heterocycles. The maximum absolute atomic E-state index is 12.3. The predicted molar refractivity (Wildman–Crippen MR) is 90.4 cm³/mol. The molecule has 0 unspecified atom stereocenters. The highest BCUT2D eigenvalue weighted by Crippen LogP contribution is 2.32. The molecule has 0 radical (unpaired) electrons. The van der Waals surface area contributed by atoms with Crippen LogP contribution in [0.3, 0.4) is 0 Å². The van der Waals surface area contributed by atoms with Gasteiger partial charge in [-0.1, -0.05) is 12.1 Å². The molecule has 1 aromatic carbocycles. The molecule has 1 saturated carbocycles. The maximum Gasteiger partial charge on any atom is 0.317 e. The molecule has 3 rings (SSSR count). The monoisotopic (exact) mass is 301 g/mol. The van der Waals surface area contributed by atoms with Crippen molar-refractivity contribution >= 4 is 11.7 Å². The van der Waals surface area contributed by atoms with E-state index in [4.69, 9.17) is 0 Å². The number of hydrogen-bond donors (Lipinski definition) is 1. The van der Waals surface area contributed by atoms with Crippen LogP contribution >= 0.6 is 0 Å². The molecule has 4 heteroatoms. The van der Waals surface area contributed by atoms with Gasteiger partial charge in [0, 0.05) is 37.9 Å². The average molecular weight is 301 g/mol. The van der Waals surface area contributed by atoms with Gasteiger partial charge in [0.05, 0.1) is 0 Å². The molecule has 1 aromatic rings. The van der Waals surface area contributed by atoms with E-state index in [2.05, 4.69) is 49.2 Å². The number of rotatable bonds is 3. The van der Waals surface area contributed by atoms with E-state index in [-0.39, 0.29) is 6.03 Å². The lowest BCUT2D eigenvalue weighted by Crippen LogP contribution is -2.53. The number of amides is 2. The summed E-state index contributed by atoms with van der Waals surface area (Å²) in [6.45, 7) is 9.89. The first-order valence-electron chi connectivity index (χ1n) is 8.43. The van der Waals surface area contributed by atoms with Crippen LogP contribution in [0.5, 0.6) is 0 Å². The topological polar surface area (TPSA) is 35.6 Å². The first kappa shape index (κ1) is 15.2. The van der Waals surface area contributed by atoms with Crippen molar-refractivity contribution in [3.8, 4) is 0 Å². The number of carbonyl (C=O) groups excluding carboxylic acids is 1. The van der Waals surface area contributed by atoms with E-state index in [1.54, 1.807) is 0 Å². The average Bonchev–Trinajstić information content (AvgIpc) is 3.35. The second-order valence-corrected chi connectivity index (χ2v) is 6.77. The number of urea groups is 1. The first-order chi connectivity index (χ1) is 10.6. The number of piperazine rings is 1. The quantitative estimate of drug-likeness (QED) is 0.931. The number of benzene rings is 1. The van der Waals surface area contributed by atoms with Crippen LogP contribution in [0.2, 0.25) is 0 Å². The lowest BCUT2D eigenvalue weighted by molar-refractivity contribution is 0.190. The summed E-state index contributed by atoms with van der Waals surface area (Å²) in [5, 5.41) is 3.16. The summed E-state index contributed by atoms with van der Waals surface area (Å²) in [6, 6.07) is 6.90. The van der Waals surface area contributed by atoms with E-state index in [9.17, 15) is 4.79 Å². The van der Waals surface area contributed by atoms with Gasteiger partial charge in [0.25, 0.3) is 0 Å². The van der Waals surface area contributed by atoms with Crippen LogP contribution in [0.15, 0.2) is 18.2 Å². The zero-order valence-corrected chi connectivity index (χ0v) is 13.9. The largest absolute Gasteiger partial charge is 0.368 e. The Kier molecular flexibility index (Phi) is 4.27. The van der Waals surface area contributed by atoms with Crippen molar-refractivity contribution in [3.63, 3.8) is 0 Å². The number of nitrogens with zero attached hydrogens (tertiary/aromatic N) is 2. The fraction of sp³-hybridized carbons (Fsp3) is 0.611. The Hall–Kier alpha value is -1.71. The van der Waals surface area contributed by atoms with E-state index in [1.165, 1.54) is 29.7 Å². The molecule has 22 heavy (non-hydrogen) atoms. The van der Waals surface area contributed by atoms with Crippen molar-refractivity contribution in [2.24, 2.45) is 5.92 Å². The molecular weight excluding hydrogens is 274 g/mol. The number of carbonyl (C=O) groups is 1. The highest BCUT2D eigenvalue weighted by atomic mass is 16.2. The third kappa shape index (κ3) is 3.21. The van der Waals surface area contributed by atoms with E-state index in [0.29, 0.717) is 12.0 Å². The minimum Gasteiger partial charge on any atom is -0.368 e. The van der Waals surface area contributed by atoms with Gasteiger partial charge in [-0.3, -0.25) is 0 Å². The summed E-state index contributed by atoms with van der Waals surface area (Å²) in [4.78, 5) is 16.7.